The molecule has 1 heterocycles. The first-order chi connectivity index (χ1) is 7.69. The molecule has 0 unspecified atom stereocenters. The number of aromatic nitrogens is 2. The van der Waals surface area contributed by atoms with E-state index in [0.717, 1.165) is 30.2 Å². The number of nitrogens with zero attached hydrogens (tertiary/aromatic N) is 2. The smallest absolute Gasteiger partial charge is 0.265 e. The maximum Gasteiger partial charge on any atom is 0.265 e. The molecular weight excluding hydrogens is 260 g/mol. The second kappa shape index (κ2) is 8.38. The third kappa shape index (κ3) is 4.97. The van der Waals surface area contributed by atoms with Gasteiger partial charge in [0, 0.05) is 12.6 Å². The zero-order chi connectivity index (χ0) is 12.0. The van der Waals surface area contributed by atoms with Crippen molar-refractivity contribution in [3.8, 4) is 0 Å². The highest BCUT2D eigenvalue weighted by atomic mass is 35.5. The second-order valence-electron chi connectivity index (χ2n) is 3.57. The predicted molar refractivity (Wildman–Crippen MR) is 72.0 cm³/mol. The molecule has 0 aliphatic heterocycles. The monoisotopic (exact) mass is 278 g/mol. The van der Waals surface area contributed by atoms with Crippen LogP contribution in [0.1, 0.15) is 36.1 Å². The maximum absolute atomic E-state index is 11.8. The number of carbonyl (C=O) groups is 1. The Morgan fingerprint density at radius 2 is 2.18 bits per heavy atom. The molecule has 0 radical (unpaired) electrons. The van der Waals surface area contributed by atoms with E-state index in [1.54, 1.807) is 0 Å². The summed E-state index contributed by atoms with van der Waals surface area (Å²) in [7, 11) is 0. The molecule has 0 saturated carbocycles. The highest BCUT2D eigenvalue weighted by Gasteiger charge is 2.14. The fourth-order valence-electron chi connectivity index (χ4n) is 1.36. The van der Waals surface area contributed by atoms with E-state index in [0.29, 0.717) is 11.4 Å². The van der Waals surface area contributed by atoms with Crippen molar-refractivity contribution >= 4 is 29.8 Å². The van der Waals surface area contributed by atoms with Gasteiger partial charge in [0.25, 0.3) is 5.91 Å². The van der Waals surface area contributed by atoms with Crippen molar-refractivity contribution < 1.29 is 4.79 Å². The number of halogens is 1. The van der Waals surface area contributed by atoms with Crippen molar-refractivity contribution in [2.45, 2.75) is 33.2 Å². The number of hydrogen-bond acceptors (Lipinski definition) is 5. The number of amides is 1. The van der Waals surface area contributed by atoms with Crippen molar-refractivity contribution in [1.29, 1.82) is 0 Å². The van der Waals surface area contributed by atoms with E-state index in [9.17, 15) is 4.79 Å². The van der Waals surface area contributed by atoms with E-state index in [1.807, 2.05) is 20.8 Å². The van der Waals surface area contributed by atoms with Gasteiger partial charge < -0.3 is 10.6 Å². The number of nitrogens with one attached hydrogen (secondary N) is 2. The van der Waals surface area contributed by atoms with Crippen molar-refractivity contribution in [2.24, 2.45) is 0 Å². The van der Waals surface area contributed by atoms with Crippen LogP contribution in [0, 0.1) is 0 Å². The summed E-state index contributed by atoms with van der Waals surface area (Å²) in [6.07, 6.45) is 0.738. The third-order valence-corrected chi connectivity index (χ3v) is 2.99. The topological polar surface area (TPSA) is 66.9 Å². The third-order valence-electron chi connectivity index (χ3n) is 2.22. The van der Waals surface area contributed by atoms with E-state index < -0.39 is 0 Å². The molecule has 1 amide bonds. The Bertz CT molecular complexity index is 345. The summed E-state index contributed by atoms with van der Waals surface area (Å²) in [5, 5.41) is 10.0. The zero-order valence-corrected chi connectivity index (χ0v) is 12.0. The van der Waals surface area contributed by atoms with Gasteiger partial charge in [-0.05, 0) is 31.4 Å². The van der Waals surface area contributed by atoms with Gasteiger partial charge >= 0.3 is 0 Å². The summed E-state index contributed by atoms with van der Waals surface area (Å²) in [4.78, 5) is 12.4. The van der Waals surface area contributed by atoms with Gasteiger partial charge in [-0.3, -0.25) is 4.79 Å². The van der Waals surface area contributed by atoms with Crippen LogP contribution in [0.4, 0.5) is 0 Å². The standard InChI is InChI=1S/C10H18N4OS.ClH/c1-4-8-9(16-14-13-8)10(15)12-6-7(3)11-5-2;/h7,11H,4-6H2,1-3H3,(H,12,15);1H/t7-;/m1./s1. The second-order valence-corrected chi connectivity index (χ2v) is 4.33. The van der Waals surface area contributed by atoms with Crippen LogP contribution < -0.4 is 10.6 Å². The van der Waals surface area contributed by atoms with E-state index in [4.69, 9.17) is 0 Å². The van der Waals surface area contributed by atoms with Crippen molar-refractivity contribution in [3.63, 3.8) is 0 Å². The summed E-state index contributed by atoms with van der Waals surface area (Å²) in [6.45, 7) is 7.57. The zero-order valence-electron chi connectivity index (χ0n) is 10.3. The quantitative estimate of drug-likeness (QED) is 0.822. The fourth-order valence-corrected chi connectivity index (χ4v) is 2.03. The summed E-state index contributed by atoms with van der Waals surface area (Å²) in [5.74, 6) is -0.0726. The van der Waals surface area contributed by atoms with Gasteiger partial charge in [-0.1, -0.05) is 18.3 Å². The Kier molecular flexibility index (Phi) is 8.03. The molecule has 0 aromatic carbocycles. The molecule has 1 rings (SSSR count). The molecule has 0 bridgehead atoms. The van der Waals surface area contributed by atoms with Gasteiger partial charge in [0.05, 0.1) is 5.69 Å². The molecule has 17 heavy (non-hydrogen) atoms. The molecule has 0 fully saturated rings. The van der Waals surface area contributed by atoms with E-state index in [-0.39, 0.29) is 24.4 Å². The normalized spacial score (nSPS) is 11.7. The highest BCUT2D eigenvalue weighted by molar-refractivity contribution is 7.08. The van der Waals surface area contributed by atoms with Crippen molar-refractivity contribution in [2.75, 3.05) is 13.1 Å². The SMILES string of the molecule is CCN[C@H](C)CNC(=O)c1snnc1CC.Cl. The molecule has 1 aromatic heterocycles. The fraction of sp³-hybridized carbons (Fsp3) is 0.700. The van der Waals surface area contributed by atoms with Crippen LogP contribution in [-0.4, -0.2) is 34.6 Å². The minimum absolute atomic E-state index is 0. The Hall–Kier alpha value is -0.720. The van der Waals surface area contributed by atoms with Crippen LogP contribution in [0.2, 0.25) is 0 Å². The molecular formula is C10H19ClN4OS. The molecule has 0 aliphatic carbocycles. The van der Waals surface area contributed by atoms with Crippen LogP contribution >= 0.6 is 23.9 Å². The highest BCUT2D eigenvalue weighted by Crippen LogP contribution is 2.10. The van der Waals surface area contributed by atoms with E-state index in [1.165, 1.54) is 0 Å². The van der Waals surface area contributed by atoms with E-state index >= 15 is 0 Å². The number of aryl methyl sites for hydroxylation is 1. The Labute approximate surface area is 112 Å². The molecule has 98 valence electrons. The van der Waals surface area contributed by atoms with Crippen LogP contribution in [0.3, 0.4) is 0 Å². The lowest BCUT2D eigenvalue weighted by Crippen LogP contribution is -2.38. The molecule has 0 saturated heterocycles. The Balaban J connectivity index is 0.00000256. The van der Waals surface area contributed by atoms with Gasteiger partial charge in [-0.15, -0.1) is 17.5 Å². The van der Waals surface area contributed by atoms with Gasteiger partial charge in [0.1, 0.15) is 4.88 Å². The van der Waals surface area contributed by atoms with E-state index in [2.05, 4.69) is 20.2 Å². The number of carbonyl (C=O) groups excluding carboxylic acids is 1. The Morgan fingerprint density at radius 1 is 1.47 bits per heavy atom. The minimum Gasteiger partial charge on any atom is -0.350 e. The first-order valence-corrected chi connectivity index (χ1v) is 6.29. The average Bonchev–Trinajstić information content (AvgIpc) is 2.74. The summed E-state index contributed by atoms with van der Waals surface area (Å²) in [5.41, 5.74) is 0.776. The van der Waals surface area contributed by atoms with Crippen LogP contribution in [-0.2, 0) is 6.42 Å². The first-order valence-electron chi connectivity index (χ1n) is 5.51. The first kappa shape index (κ1) is 16.3. The Morgan fingerprint density at radius 3 is 2.76 bits per heavy atom. The maximum atomic E-state index is 11.8. The van der Waals surface area contributed by atoms with Crippen LogP contribution in [0.15, 0.2) is 0 Å². The predicted octanol–water partition coefficient (Wildman–Crippen LogP) is 1.25. The lowest BCUT2D eigenvalue weighted by molar-refractivity contribution is 0.0953. The number of likely N-dealkylation sites (N-methyl/N-ethyl adjacent to an activating group) is 1. The number of hydrogen-bond donors (Lipinski definition) is 2. The van der Waals surface area contributed by atoms with Crippen LogP contribution in [0.5, 0.6) is 0 Å². The van der Waals surface area contributed by atoms with Gasteiger partial charge in [-0.2, -0.15) is 0 Å². The molecule has 2 N–H and O–H groups in total. The van der Waals surface area contributed by atoms with Crippen LogP contribution in [0.25, 0.3) is 0 Å². The average molecular weight is 279 g/mol. The summed E-state index contributed by atoms with van der Waals surface area (Å²) >= 11 is 1.15. The summed E-state index contributed by atoms with van der Waals surface area (Å²) < 4.78 is 3.79. The number of rotatable bonds is 6. The summed E-state index contributed by atoms with van der Waals surface area (Å²) in [6, 6.07) is 0.278. The van der Waals surface area contributed by atoms with Gasteiger partial charge in [-0.25, -0.2) is 0 Å². The molecule has 7 heteroatoms. The van der Waals surface area contributed by atoms with Crippen molar-refractivity contribution in [3.05, 3.63) is 10.6 Å². The molecule has 1 atom stereocenters. The lowest BCUT2D eigenvalue weighted by Gasteiger charge is -2.12. The van der Waals surface area contributed by atoms with Crippen molar-refractivity contribution in [1.82, 2.24) is 20.2 Å². The largest absolute Gasteiger partial charge is 0.350 e. The van der Waals surface area contributed by atoms with Gasteiger partial charge in [0.15, 0.2) is 0 Å². The minimum atomic E-state index is -0.0726. The lowest BCUT2D eigenvalue weighted by atomic mass is 10.2. The molecule has 0 aliphatic rings. The molecule has 0 spiro atoms. The molecule has 5 nitrogen and oxygen atoms in total. The molecule has 1 aromatic rings. The van der Waals surface area contributed by atoms with Gasteiger partial charge in [0.2, 0.25) is 0 Å².